The molecule has 0 spiro atoms. The smallest absolute Gasteiger partial charge is 0.213 e. The maximum atomic E-state index is 10.1. The number of hydrogen-bond donors (Lipinski definition) is 5. The van der Waals surface area contributed by atoms with Gasteiger partial charge in [-0.2, -0.15) is 0 Å². The highest BCUT2D eigenvalue weighted by Crippen LogP contribution is 2.05. The van der Waals surface area contributed by atoms with Crippen LogP contribution in [0.15, 0.2) is 17.0 Å². The Bertz CT molecular complexity index is 241. The van der Waals surface area contributed by atoms with Crippen LogP contribution < -0.4 is 22.1 Å². The molecule has 0 aromatic heterocycles. The maximum absolute atomic E-state index is 10.1. The van der Waals surface area contributed by atoms with Gasteiger partial charge in [-0.3, -0.25) is 15.8 Å². The molecule has 0 saturated carbocycles. The van der Waals surface area contributed by atoms with E-state index in [1.165, 1.54) is 0 Å². The lowest BCUT2D eigenvalue weighted by Gasteiger charge is -2.24. The Morgan fingerprint density at radius 2 is 2.50 bits per heavy atom. The van der Waals surface area contributed by atoms with Crippen LogP contribution in [0, 0.1) is 0 Å². The van der Waals surface area contributed by atoms with Gasteiger partial charge >= 0.3 is 0 Å². The third-order valence-electron chi connectivity index (χ3n) is 1.21. The van der Waals surface area contributed by atoms with Gasteiger partial charge < -0.3 is 16.2 Å². The van der Waals surface area contributed by atoms with Crippen LogP contribution in [0.1, 0.15) is 0 Å². The lowest BCUT2D eigenvalue weighted by atomic mass is 10.3. The van der Waals surface area contributed by atoms with Gasteiger partial charge in [0.15, 0.2) is 11.8 Å². The molecule has 66 valence electrons. The van der Waals surface area contributed by atoms with Gasteiger partial charge in [0.25, 0.3) is 0 Å². The molecule has 12 heavy (non-hydrogen) atoms. The molecule has 1 atom stereocenters. The van der Waals surface area contributed by atoms with Crippen LogP contribution in [-0.4, -0.2) is 23.3 Å². The van der Waals surface area contributed by atoms with Crippen molar-refractivity contribution in [3.8, 4) is 0 Å². The molecule has 7 heteroatoms. The number of hydrogen-bond acceptors (Lipinski definition) is 6. The Labute approximate surface area is 68.1 Å². The molecular weight excluding hydrogens is 162 g/mol. The fourth-order valence-electron chi connectivity index (χ4n) is 0.804. The molecule has 0 aromatic carbocycles. The number of nitrogens with one attached hydrogen (secondary N) is 2. The first-order valence-corrected chi connectivity index (χ1v) is 3.10. The monoisotopic (exact) mass is 171 g/mol. The fourth-order valence-corrected chi connectivity index (χ4v) is 0.804. The van der Waals surface area contributed by atoms with Crippen molar-refractivity contribution >= 4 is 12.4 Å². The number of aliphatic imine (C=N–C) groups is 1. The Hall–Kier alpha value is -1.76. The third kappa shape index (κ3) is 1.64. The van der Waals surface area contributed by atoms with Crippen molar-refractivity contribution < 1.29 is 9.90 Å². The molecule has 7 N–H and O–H groups in total. The number of nitrogens with two attached hydrogens (primary N) is 2. The Kier molecular flexibility index (Phi) is 1.88. The van der Waals surface area contributed by atoms with Crippen LogP contribution in [0.2, 0.25) is 0 Å². The predicted octanol–water partition coefficient (Wildman–Crippen LogP) is -2.34. The molecule has 1 amide bonds. The summed E-state index contributed by atoms with van der Waals surface area (Å²) in [7, 11) is 0. The van der Waals surface area contributed by atoms with E-state index >= 15 is 0 Å². The number of aliphatic hydroxyl groups excluding tert-OH is 1. The second kappa shape index (κ2) is 2.70. The number of aliphatic hydroxyl groups is 1. The SMILES string of the molecule is NC1=NC(N)(NC=O)C=C(O)N1. The quantitative estimate of drug-likeness (QED) is 0.235. The summed E-state index contributed by atoms with van der Waals surface area (Å²) < 4.78 is 0. The molecule has 0 radical (unpaired) electrons. The molecule has 1 heterocycles. The van der Waals surface area contributed by atoms with Gasteiger partial charge in [-0.05, 0) is 0 Å². The minimum atomic E-state index is -1.46. The predicted molar refractivity (Wildman–Crippen MR) is 41.6 cm³/mol. The summed E-state index contributed by atoms with van der Waals surface area (Å²) in [6.45, 7) is 0. The molecule has 0 fully saturated rings. The molecular formula is C5H9N5O2. The summed E-state index contributed by atoms with van der Waals surface area (Å²) in [5.74, 6) is -1.77. The summed E-state index contributed by atoms with van der Waals surface area (Å²) in [5, 5.41) is 13.5. The molecule has 1 aliphatic heterocycles. The summed E-state index contributed by atoms with van der Waals surface area (Å²) >= 11 is 0. The zero-order chi connectivity index (χ0) is 9.19. The highest BCUT2D eigenvalue weighted by atomic mass is 16.3. The lowest BCUT2D eigenvalue weighted by Crippen LogP contribution is -2.55. The van der Waals surface area contributed by atoms with E-state index in [0.29, 0.717) is 6.41 Å². The molecule has 1 rings (SSSR count). The van der Waals surface area contributed by atoms with E-state index in [9.17, 15) is 4.79 Å². The van der Waals surface area contributed by atoms with E-state index in [0.717, 1.165) is 6.08 Å². The molecule has 1 aliphatic rings. The highest BCUT2D eigenvalue weighted by molar-refractivity contribution is 5.81. The van der Waals surface area contributed by atoms with Crippen molar-refractivity contribution in [1.29, 1.82) is 0 Å². The summed E-state index contributed by atoms with van der Waals surface area (Å²) in [5.41, 5.74) is 10.7. The number of amides is 1. The lowest BCUT2D eigenvalue weighted by molar-refractivity contribution is -0.110. The zero-order valence-corrected chi connectivity index (χ0v) is 6.11. The van der Waals surface area contributed by atoms with Crippen molar-refractivity contribution in [3.63, 3.8) is 0 Å². The van der Waals surface area contributed by atoms with Crippen LogP contribution in [0.5, 0.6) is 0 Å². The molecule has 0 saturated heterocycles. The van der Waals surface area contributed by atoms with Gasteiger partial charge in [0.05, 0.1) is 0 Å². The third-order valence-corrected chi connectivity index (χ3v) is 1.21. The maximum Gasteiger partial charge on any atom is 0.213 e. The molecule has 0 aromatic rings. The van der Waals surface area contributed by atoms with Gasteiger partial charge in [-0.25, -0.2) is 4.99 Å². The van der Waals surface area contributed by atoms with E-state index in [2.05, 4.69) is 15.6 Å². The number of carbonyl (C=O) groups is 1. The van der Waals surface area contributed by atoms with Crippen molar-refractivity contribution in [2.75, 3.05) is 0 Å². The van der Waals surface area contributed by atoms with Crippen LogP contribution in [0.4, 0.5) is 0 Å². The Morgan fingerprint density at radius 1 is 1.83 bits per heavy atom. The van der Waals surface area contributed by atoms with Crippen molar-refractivity contribution in [2.45, 2.75) is 5.79 Å². The average molecular weight is 171 g/mol. The van der Waals surface area contributed by atoms with E-state index in [1.807, 2.05) is 0 Å². The van der Waals surface area contributed by atoms with Crippen LogP contribution in [0.3, 0.4) is 0 Å². The normalized spacial score (nSPS) is 28.1. The van der Waals surface area contributed by atoms with Gasteiger partial charge in [-0.1, -0.05) is 0 Å². The Morgan fingerprint density at radius 3 is 3.00 bits per heavy atom. The van der Waals surface area contributed by atoms with Gasteiger partial charge in [-0.15, -0.1) is 0 Å². The van der Waals surface area contributed by atoms with Crippen molar-refractivity contribution in [1.82, 2.24) is 10.6 Å². The van der Waals surface area contributed by atoms with Crippen LogP contribution in [-0.2, 0) is 4.79 Å². The van der Waals surface area contributed by atoms with Crippen LogP contribution >= 0.6 is 0 Å². The number of rotatable bonds is 2. The minimum Gasteiger partial charge on any atom is -0.495 e. The summed E-state index contributed by atoms with van der Waals surface area (Å²) in [4.78, 5) is 13.7. The second-order valence-corrected chi connectivity index (χ2v) is 2.24. The van der Waals surface area contributed by atoms with Gasteiger partial charge in [0.2, 0.25) is 12.2 Å². The second-order valence-electron chi connectivity index (χ2n) is 2.24. The van der Waals surface area contributed by atoms with Gasteiger partial charge in [0.1, 0.15) is 0 Å². The largest absolute Gasteiger partial charge is 0.495 e. The zero-order valence-electron chi connectivity index (χ0n) is 6.11. The van der Waals surface area contributed by atoms with E-state index < -0.39 is 5.79 Å². The molecule has 0 bridgehead atoms. The standard InChI is InChI=1S/C5H9N5O2/c6-4-9-3(12)1-5(7,10-4)8-2-11/h1-2,12H,7H2,(H,8,11)(H3,6,9,10). The molecule has 1 unspecified atom stereocenters. The number of nitrogens with zero attached hydrogens (tertiary/aromatic N) is 1. The van der Waals surface area contributed by atoms with E-state index in [-0.39, 0.29) is 11.8 Å². The van der Waals surface area contributed by atoms with Gasteiger partial charge in [0, 0.05) is 6.08 Å². The first kappa shape index (κ1) is 8.34. The average Bonchev–Trinajstić information content (AvgIpc) is 1.82. The summed E-state index contributed by atoms with van der Waals surface area (Å²) in [6.07, 6.45) is 1.49. The van der Waals surface area contributed by atoms with E-state index in [4.69, 9.17) is 16.6 Å². The van der Waals surface area contributed by atoms with Crippen molar-refractivity contribution in [2.24, 2.45) is 16.5 Å². The Balaban J connectivity index is 2.88. The summed E-state index contributed by atoms with van der Waals surface area (Å²) in [6, 6.07) is 0. The topological polar surface area (TPSA) is 126 Å². The first-order valence-electron chi connectivity index (χ1n) is 3.10. The van der Waals surface area contributed by atoms with Crippen LogP contribution in [0.25, 0.3) is 0 Å². The van der Waals surface area contributed by atoms with Crippen molar-refractivity contribution in [3.05, 3.63) is 12.0 Å². The number of guanidine groups is 1. The minimum absolute atomic E-state index is 0.0631. The molecule has 7 nitrogen and oxygen atoms in total. The highest BCUT2D eigenvalue weighted by Gasteiger charge is 2.25. The molecule has 0 aliphatic carbocycles. The van der Waals surface area contributed by atoms with E-state index in [1.54, 1.807) is 0 Å². The first-order chi connectivity index (χ1) is 5.56. The fraction of sp³-hybridized carbons (Fsp3) is 0.200. The number of carbonyl (C=O) groups excluding carboxylic acids is 1.